The van der Waals surface area contributed by atoms with Gasteiger partial charge in [-0.1, -0.05) is 18.2 Å². The normalized spacial score (nSPS) is 10.5. The lowest BCUT2D eigenvalue weighted by molar-refractivity contribution is -0.145. The van der Waals surface area contributed by atoms with Crippen LogP contribution in [0.2, 0.25) is 0 Å². The third-order valence-corrected chi connectivity index (χ3v) is 3.63. The average Bonchev–Trinajstić information content (AvgIpc) is 2.58. The van der Waals surface area contributed by atoms with Gasteiger partial charge < -0.3 is 14.7 Å². The Labute approximate surface area is 147 Å². The molecule has 0 aliphatic rings. The highest BCUT2D eigenvalue weighted by Gasteiger charge is 2.20. The second kappa shape index (κ2) is 8.82. The lowest BCUT2D eigenvalue weighted by Gasteiger charge is -2.25. The number of ether oxygens (including phenoxy) is 1. The number of aliphatic carboxylic acids is 1. The van der Waals surface area contributed by atoms with E-state index in [4.69, 9.17) is 9.84 Å². The standard InChI is InChI=1S/C19H22N2O4/c1-14(2)21(12-19(23)24)18(22)10-15-5-3-7-17(9-15)25-13-16-6-4-8-20-11-16/h3-9,11,14H,10,12-13H2,1-2H3,(H,23,24). The van der Waals surface area contributed by atoms with Gasteiger partial charge in [0, 0.05) is 24.0 Å². The zero-order chi connectivity index (χ0) is 18.2. The van der Waals surface area contributed by atoms with E-state index in [2.05, 4.69) is 4.98 Å². The molecule has 0 aliphatic carbocycles. The van der Waals surface area contributed by atoms with Crippen LogP contribution in [0.5, 0.6) is 5.75 Å². The van der Waals surface area contributed by atoms with Crippen LogP contribution in [0.3, 0.4) is 0 Å². The Hall–Kier alpha value is -2.89. The Morgan fingerprint density at radius 3 is 2.60 bits per heavy atom. The number of rotatable bonds is 8. The molecule has 0 unspecified atom stereocenters. The highest BCUT2D eigenvalue weighted by Crippen LogP contribution is 2.16. The van der Waals surface area contributed by atoms with Crippen molar-refractivity contribution in [2.24, 2.45) is 0 Å². The van der Waals surface area contributed by atoms with E-state index < -0.39 is 5.97 Å². The molecule has 132 valence electrons. The minimum atomic E-state index is -1.02. The van der Waals surface area contributed by atoms with Gasteiger partial charge in [-0.05, 0) is 37.6 Å². The van der Waals surface area contributed by atoms with Crippen molar-refractivity contribution in [1.29, 1.82) is 0 Å². The van der Waals surface area contributed by atoms with Gasteiger partial charge in [0.2, 0.25) is 5.91 Å². The third kappa shape index (κ3) is 5.91. The molecule has 1 heterocycles. The molecule has 2 aromatic rings. The van der Waals surface area contributed by atoms with Crippen LogP contribution in [0.1, 0.15) is 25.0 Å². The van der Waals surface area contributed by atoms with Gasteiger partial charge in [0.05, 0.1) is 6.42 Å². The summed E-state index contributed by atoms with van der Waals surface area (Å²) >= 11 is 0. The van der Waals surface area contributed by atoms with Gasteiger partial charge in [-0.3, -0.25) is 14.6 Å². The fourth-order valence-corrected chi connectivity index (χ4v) is 2.38. The highest BCUT2D eigenvalue weighted by atomic mass is 16.5. The average molecular weight is 342 g/mol. The van der Waals surface area contributed by atoms with E-state index in [1.807, 2.05) is 30.3 Å². The lowest BCUT2D eigenvalue weighted by atomic mass is 10.1. The van der Waals surface area contributed by atoms with Gasteiger partial charge >= 0.3 is 5.97 Å². The number of pyridine rings is 1. The lowest BCUT2D eigenvalue weighted by Crippen LogP contribution is -2.41. The van der Waals surface area contributed by atoms with E-state index in [9.17, 15) is 9.59 Å². The van der Waals surface area contributed by atoms with Crippen molar-refractivity contribution in [3.8, 4) is 5.75 Å². The SMILES string of the molecule is CC(C)N(CC(=O)O)C(=O)Cc1cccc(OCc2cccnc2)c1. The van der Waals surface area contributed by atoms with Crippen molar-refractivity contribution in [2.45, 2.75) is 32.9 Å². The van der Waals surface area contributed by atoms with E-state index in [0.29, 0.717) is 12.4 Å². The predicted molar refractivity (Wildman–Crippen MR) is 93.2 cm³/mol. The third-order valence-electron chi connectivity index (χ3n) is 3.63. The Balaban J connectivity index is 2.00. The van der Waals surface area contributed by atoms with Gasteiger partial charge in [-0.15, -0.1) is 0 Å². The summed E-state index contributed by atoms with van der Waals surface area (Å²) in [7, 11) is 0. The number of aromatic nitrogens is 1. The minimum absolute atomic E-state index is 0.134. The molecule has 0 saturated heterocycles. The molecule has 6 nitrogen and oxygen atoms in total. The summed E-state index contributed by atoms with van der Waals surface area (Å²) < 4.78 is 5.73. The van der Waals surface area contributed by atoms with Crippen molar-refractivity contribution in [3.05, 3.63) is 59.9 Å². The quantitative estimate of drug-likeness (QED) is 0.797. The first-order valence-corrected chi connectivity index (χ1v) is 8.07. The molecule has 0 fully saturated rings. The topological polar surface area (TPSA) is 79.7 Å². The summed E-state index contributed by atoms with van der Waals surface area (Å²) in [6, 6.07) is 10.9. The van der Waals surface area contributed by atoms with Crippen LogP contribution in [0.25, 0.3) is 0 Å². The molecule has 6 heteroatoms. The number of benzene rings is 1. The van der Waals surface area contributed by atoms with Gasteiger partial charge in [0.15, 0.2) is 0 Å². The summed E-state index contributed by atoms with van der Waals surface area (Å²) in [5, 5.41) is 8.95. The maximum atomic E-state index is 12.4. The summed E-state index contributed by atoms with van der Waals surface area (Å²) in [6.45, 7) is 3.69. The van der Waals surface area contributed by atoms with Gasteiger partial charge in [0.25, 0.3) is 0 Å². The number of carbonyl (C=O) groups is 2. The van der Waals surface area contributed by atoms with Gasteiger partial charge in [0.1, 0.15) is 18.9 Å². The number of amides is 1. The molecule has 1 aromatic heterocycles. The molecule has 0 aliphatic heterocycles. The molecule has 0 bridgehead atoms. The Kier molecular flexibility index (Phi) is 6.51. The van der Waals surface area contributed by atoms with E-state index in [1.54, 1.807) is 32.3 Å². The van der Waals surface area contributed by atoms with Crippen molar-refractivity contribution in [2.75, 3.05) is 6.54 Å². The van der Waals surface area contributed by atoms with Gasteiger partial charge in [-0.25, -0.2) is 0 Å². The van der Waals surface area contributed by atoms with Crippen molar-refractivity contribution in [1.82, 2.24) is 9.88 Å². The molecule has 1 N–H and O–H groups in total. The van der Waals surface area contributed by atoms with E-state index in [0.717, 1.165) is 11.1 Å². The highest BCUT2D eigenvalue weighted by molar-refractivity contribution is 5.83. The zero-order valence-electron chi connectivity index (χ0n) is 14.4. The minimum Gasteiger partial charge on any atom is -0.489 e. The molecule has 0 atom stereocenters. The number of hydrogen-bond acceptors (Lipinski definition) is 4. The fourth-order valence-electron chi connectivity index (χ4n) is 2.38. The van der Waals surface area contributed by atoms with Crippen LogP contribution in [-0.4, -0.2) is 39.5 Å². The maximum absolute atomic E-state index is 12.4. The molecule has 0 spiro atoms. The van der Waals surface area contributed by atoms with Crippen LogP contribution in [0.15, 0.2) is 48.8 Å². The first-order chi connectivity index (χ1) is 12.0. The van der Waals surface area contributed by atoms with Crippen LogP contribution >= 0.6 is 0 Å². The second-order valence-electron chi connectivity index (χ2n) is 5.98. The number of hydrogen-bond donors (Lipinski definition) is 1. The van der Waals surface area contributed by atoms with Crippen molar-refractivity contribution < 1.29 is 19.4 Å². The van der Waals surface area contributed by atoms with Gasteiger partial charge in [-0.2, -0.15) is 0 Å². The Morgan fingerprint density at radius 2 is 1.96 bits per heavy atom. The molecule has 0 radical (unpaired) electrons. The van der Waals surface area contributed by atoms with E-state index >= 15 is 0 Å². The van der Waals surface area contributed by atoms with Crippen LogP contribution < -0.4 is 4.74 Å². The van der Waals surface area contributed by atoms with E-state index in [1.165, 1.54) is 4.90 Å². The Morgan fingerprint density at radius 1 is 1.20 bits per heavy atom. The summed E-state index contributed by atoms with van der Waals surface area (Å²) in [4.78, 5) is 28.7. The van der Waals surface area contributed by atoms with E-state index in [-0.39, 0.29) is 24.9 Å². The number of nitrogens with zero attached hydrogens (tertiary/aromatic N) is 2. The number of carboxylic acid groups (broad SMARTS) is 1. The monoisotopic (exact) mass is 342 g/mol. The fraction of sp³-hybridized carbons (Fsp3) is 0.316. The maximum Gasteiger partial charge on any atom is 0.323 e. The molecular formula is C19H22N2O4. The first-order valence-electron chi connectivity index (χ1n) is 8.07. The summed E-state index contributed by atoms with van der Waals surface area (Å²) in [5.41, 5.74) is 1.74. The molecule has 1 amide bonds. The van der Waals surface area contributed by atoms with Crippen LogP contribution in [-0.2, 0) is 22.6 Å². The molecule has 2 rings (SSSR count). The largest absolute Gasteiger partial charge is 0.489 e. The molecule has 25 heavy (non-hydrogen) atoms. The van der Waals surface area contributed by atoms with Crippen LogP contribution in [0, 0.1) is 0 Å². The number of carbonyl (C=O) groups excluding carboxylic acids is 1. The summed E-state index contributed by atoms with van der Waals surface area (Å²) in [6.07, 6.45) is 3.57. The zero-order valence-corrected chi connectivity index (χ0v) is 14.4. The predicted octanol–water partition coefficient (Wildman–Crippen LogP) is 2.52. The van der Waals surface area contributed by atoms with Crippen molar-refractivity contribution in [3.63, 3.8) is 0 Å². The smallest absolute Gasteiger partial charge is 0.323 e. The second-order valence-corrected chi connectivity index (χ2v) is 5.98. The molecule has 0 saturated carbocycles. The Bertz CT molecular complexity index is 716. The molecule has 1 aromatic carbocycles. The molecular weight excluding hydrogens is 320 g/mol. The van der Waals surface area contributed by atoms with Crippen LogP contribution in [0.4, 0.5) is 0 Å². The van der Waals surface area contributed by atoms with Crippen molar-refractivity contribution >= 4 is 11.9 Å². The number of carboxylic acids is 1. The summed E-state index contributed by atoms with van der Waals surface area (Å²) in [5.74, 6) is -0.583. The first kappa shape index (κ1) is 18.4.